The van der Waals surface area contributed by atoms with E-state index in [-0.39, 0.29) is 14.9 Å². The molecule has 0 saturated heterocycles. The highest BCUT2D eigenvalue weighted by molar-refractivity contribution is 5.19. The smallest absolute Gasteiger partial charge is 0.0398 e. The van der Waals surface area contributed by atoms with Crippen LogP contribution in [0.4, 0.5) is 0 Å². The summed E-state index contributed by atoms with van der Waals surface area (Å²) in [5.41, 5.74) is 2.66. The predicted octanol–water partition coefficient (Wildman–Crippen LogP) is 5.63. The van der Waals surface area contributed by atoms with E-state index in [9.17, 15) is 0 Å². The standard InChI is InChI=1S/C8H10.2C2H6.2CH4/c1-7-3-5-8(2)6-4-7;2*1-2;;/h3-6H,1-2H3;2*1-2H3;2*1H4. The Kier molecular flexibility index (Phi) is 30.0. The summed E-state index contributed by atoms with van der Waals surface area (Å²) in [7, 11) is 0. The maximum atomic E-state index is 2.12. The Hall–Kier alpha value is -0.780. The minimum absolute atomic E-state index is 0. The first-order valence-corrected chi connectivity index (χ1v) is 4.82. The molecule has 1 rings (SSSR count). The van der Waals surface area contributed by atoms with E-state index in [0.717, 1.165) is 0 Å². The molecule has 0 nitrogen and oxygen atoms in total. The molecule has 0 aliphatic carbocycles. The lowest BCUT2D eigenvalue weighted by Crippen LogP contribution is -1.70. The molecule has 0 bridgehead atoms. The van der Waals surface area contributed by atoms with Gasteiger partial charge in [-0.25, -0.2) is 0 Å². The van der Waals surface area contributed by atoms with Crippen LogP contribution in [0.3, 0.4) is 0 Å². The summed E-state index contributed by atoms with van der Waals surface area (Å²) >= 11 is 0. The van der Waals surface area contributed by atoms with Gasteiger partial charge in [0.2, 0.25) is 0 Å². The summed E-state index contributed by atoms with van der Waals surface area (Å²) in [5.74, 6) is 0. The van der Waals surface area contributed by atoms with Crippen molar-refractivity contribution < 1.29 is 0 Å². The van der Waals surface area contributed by atoms with Crippen molar-refractivity contribution in [2.45, 2.75) is 56.4 Å². The van der Waals surface area contributed by atoms with E-state index < -0.39 is 0 Å². The third-order valence-corrected chi connectivity index (χ3v) is 1.22. The molecule has 0 N–H and O–H groups in total. The monoisotopic (exact) mass is 198 g/mol. The van der Waals surface area contributed by atoms with Crippen LogP contribution < -0.4 is 0 Å². The van der Waals surface area contributed by atoms with Crippen molar-refractivity contribution in [2.75, 3.05) is 0 Å². The second kappa shape index (κ2) is 18.1. The normalized spacial score (nSPS) is 6.14. The number of benzene rings is 1. The molecule has 0 amide bonds. The first-order valence-electron chi connectivity index (χ1n) is 4.82. The molecule has 0 saturated carbocycles. The van der Waals surface area contributed by atoms with Crippen molar-refractivity contribution >= 4 is 0 Å². The molecule has 0 radical (unpaired) electrons. The van der Waals surface area contributed by atoms with Gasteiger partial charge in [-0.3, -0.25) is 0 Å². The van der Waals surface area contributed by atoms with Gasteiger partial charge >= 0.3 is 0 Å². The van der Waals surface area contributed by atoms with Gasteiger partial charge in [-0.15, -0.1) is 0 Å². The Bertz CT molecular complexity index is 139. The van der Waals surface area contributed by atoms with Crippen LogP contribution in [0, 0.1) is 13.8 Å². The van der Waals surface area contributed by atoms with E-state index in [1.165, 1.54) is 11.1 Å². The Morgan fingerprint density at radius 2 is 0.714 bits per heavy atom. The van der Waals surface area contributed by atoms with Gasteiger partial charge < -0.3 is 0 Å². The van der Waals surface area contributed by atoms with E-state index in [1.54, 1.807) is 0 Å². The van der Waals surface area contributed by atoms with Crippen LogP contribution in [-0.4, -0.2) is 0 Å². The fraction of sp³-hybridized carbons (Fsp3) is 0.571. The first-order chi connectivity index (χ1) is 5.79. The Balaban J connectivity index is -0.0000000750. The average molecular weight is 198 g/mol. The van der Waals surface area contributed by atoms with Crippen LogP contribution in [0.15, 0.2) is 24.3 Å². The summed E-state index contributed by atoms with van der Waals surface area (Å²) in [6, 6.07) is 8.48. The van der Waals surface area contributed by atoms with Gasteiger partial charge in [0, 0.05) is 0 Å². The lowest BCUT2D eigenvalue weighted by Gasteiger charge is -1.90. The molecule has 0 unspecified atom stereocenters. The lowest BCUT2D eigenvalue weighted by molar-refractivity contribution is 1.40. The Morgan fingerprint density at radius 3 is 0.857 bits per heavy atom. The van der Waals surface area contributed by atoms with E-state index in [4.69, 9.17) is 0 Å². The molecular weight excluding hydrogens is 168 g/mol. The van der Waals surface area contributed by atoms with Crippen molar-refractivity contribution in [3.05, 3.63) is 35.4 Å². The van der Waals surface area contributed by atoms with Crippen LogP contribution in [0.5, 0.6) is 0 Å². The minimum Gasteiger partial charge on any atom is -0.0776 e. The fourth-order valence-corrected chi connectivity index (χ4v) is 0.637. The zero-order valence-electron chi connectivity index (χ0n) is 9.31. The van der Waals surface area contributed by atoms with Gasteiger partial charge in [0.05, 0.1) is 0 Å². The molecule has 0 atom stereocenters. The van der Waals surface area contributed by atoms with Crippen LogP contribution in [0.2, 0.25) is 0 Å². The summed E-state index contributed by atoms with van der Waals surface area (Å²) in [6.45, 7) is 12.2. The second-order valence-corrected chi connectivity index (χ2v) is 2.15. The molecule has 0 aromatic heterocycles. The van der Waals surface area contributed by atoms with E-state index in [1.807, 2.05) is 27.7 Å². The summed E-state index contributed by atoms with van der Waals surface area (Å²) in [4.78, 5) is 0. The molecule has 1 aromatic carbocycles. The van der Waals surface area contributed by atoms with Gasteiger partial charge in [-0.1, -0.05) is 77.9 Å². The Labute approximate surface area is 92.4 Å². The fourth-order valence-electron chi connectivity index (χ4n) is 0.637. The van der Waals surface area contributed by atoms with Crippen molar-refractivity contribution in [3.63, 3.8) is 0 Å². The predicted molar refractivity (Wildman–Crippen MR) is 72.1 cm³/mol. The number of hydrogen-bond donors (Lipinski definition) is 0. The maximum absolute atomic E-state index is 2.12. The van der Waals surface area contributed by atoms with E-state index in [0.29, 0.717) is 0 Å². The molecule has 0 heterocycles. The molecule has 0 aliphatic rings. The van der Waals surface area contributed by atoms with Crippen LogP contribution in [-0.2, 0) is 0 Å². The third kappa shape index (κ3) is 13.8. The molecule has 14 heavy (non-hydrogen) atoms. The molecule has 0 aliphatic heterocycles. The van der Waals surface area contributed by atoms with Crippen LogP contribution in [0.25, 0.3) is 0 Å². The van der Waals surface area contributed by atoms with E-state index >= 15 is 0 Å². The zero-order chi connectivity index (χ0) is 9.98. The molecule has 86 valence electrons. The SMILES string of the molecule is C.C.CC.CC.Cc1ccc(C)cc1. The molecule has 0 spiro atoms. The van der Waals surface area contributed by atoms with Gasteiger partial charge in [-0.2, -0.15) is 0 Å². The quantitative estimate of drug-likeness (QED) is 0.507. The molecular formula is C14H30. The highest BCUT2D eigenvalue weighted by Crippen LogP contribution is 1.99. The van der Waals surface area contributed by atoms with Gasteiger partial charge in [-0.05, 0) is 13.8 Å². The van der Waals surface area contributed by atoms with Crippen molar-refractivity contribution in [1.29, 1.82) is 0 Å². The largest absolute Gasteiger partial charge is 0.0776 e. The van der Waals surface area contributed by atoms with Crippen LogP contribution in [0.1, 0.15) is 53.7 Å². The van der Waals surface area contributed by atoms with Crippen LogP contribution >= 0.6 is 0 Å². The minimum atomic E-state index is 0. The summed E-state index contributed by atoms with van der Waals surface area (Å²) < 4.78 is 0. The average Bonchev–Trinajstić information content (AvgIpc) is 2.17. The lowest BCUT2D eigenvalue weighted by atomic mass is 10.2. The highest BCUT2D eigenvalue weighted by atomic mass is 13.9. The number of hydrogen-bond acceptors (Lipinski definition) is 0. The van der Waals surface area contributed by atoms with Gasteiger partial charge in [0.25, 0.3) is 0 Å². The van der Waals surface area contributed by atoms with Crippen molar-refractivity contribution in [2.24, 2.45) is 0 Å². The topological polar surface area (TPSA) is 0 Å². The molecule has 0 heteroatoms. The second-order valence-electron chi connectivity index (χ2n) is 2.15. The number of aryl methyl sites for hydroxylation is 2. The number of rotatable bonds is 0. The molecule has 0 fully saturated rings. The zero-order valence-corrected chi connectivity index (χ0v) is 9.31. The van der Waals surface area contributed by atoms with Gasteiger partial charge in [0.15, 0.2) is 0 Å². The highest BCUT2D eigenvalue weighted by Gasteiger charge is 1.79. The van der Waals surface area contributed by atoms with Crippen molar-refractivity contribution in [3.8, 4) is 0 Å². The van der Waals surface area contributed by atoms with Gasteiger partial charge in [0.1, 0.15) is 0 Å². The van der Waals surface area contributed by atoms with E-state index in [2.05, 4.69) is 38.1 Å². The summed E-state index contributed by atoms with van der Waals surface area (Å²) in [5, 5.41) is 0. The summed E-state index contributed by atoms with van der Waals surface area (Å²) in [6.07, 6.45) is 0. The maximum Gasteiger partial charge on any atom is -0.0398 e. The van der Waals surface area contributed by atoms with Crippen molar-refractivity contribution in [1.82, 2.24) is 0 Å². The third-order valence-electron chi connectivity index (χ3n) is 1.22. The molecule has 1 aromatic rings. The Morgan fingerprint density at radius 1 is 0.571 bits per heavy atom. The first kappa shape index (κ1) is 23.2.